The van der Waals surface area contributed by atoms with Crippen molar-refractivity contribution in [3.63, 3.8) is 0 Å². The van der Waals surface area contributed by atoms with Crippen LogP contribution in [-0.2, 0) is 22.6 Å². The normalized spacial score (nSPS) is 14.8. The van der Waals surface area contributed by atoms with Gasteiger partial charge in [0.15, 0.2) is 5.58 Å². The van der Waals surface area contributed by atoms with Gasteiger partial charge in [-0.05, 0) is 64.9 Å². The predicted octanol–water partition coefficient (Wildman–Crippen LogP) is 3.86. The molecule has 33 heavy (non-hydrogen) atoms. The molecule has 1 fully saturated rings. The van der Waals surface area contributed by atoms with Crippen LogP contribution in [0.4, 0.5) is 0 Å². The lowest BCUT2D eigenvalue weighted by Crippen LogP contribution is -2.32. The van der Waals surface area contributed by atoms with Gasteiger partial charge in [0.1, 0.15) is 23.6 Å². The number of carbonyl (C=O) groups excluding carboxylic acids is 1. The molecule has 4 rings (SSSR count). The summed E-state index contributed by atoms with van der Waals surface area (Å²) in [6.45, 7) is 7.59. The lowest BCUT2D eigenvalue weighted by molar-refractivity contribution is -0.155. The Morgan fingerprint density at radius 3 is 2.67 bits per heavy atom. The highest BCUT2D eigenvalue weighted by Crippen LogP contribution is 2.29. The molecule has 3 heterocycles. The minimum atomic E-state index is -0.675. The minimum absolute atomic E-state index is 0.316. The number of hydrogen-bond acceptors (Lipinski definition) is 7. The van der Waals surface area contributed by atoms with Gasteiger partial charge in [-0.25, -0.2) is 4.68 Å². The van der Waals surface area contributed by atoms with Crippen LogP contribution in [0.15, 0.2) is 39.5 Å². The predicted molar refractivity (Wildman–Crippen MR) is 123 cm³/mol. The molecule has 1 saturated heterocycles. The number of nitriles is 1. The fraction of sp³-hybridized carbons (Fsp3) is 0.440. The standard InChI is InChI=1S/C25H28N4O4/c1-25(2,3)33-21(30)16-29-24(31)20-13-19(15-28-10-5-4-6-11-28)32-23(20)22(27-29)18-9-7-8-17(12-18)14-26/h7-9,12-13H,4-6,10-11,15-16H2,1-3H3. The molecule has 1 aromatic carbocycles. The topological polar surface area (TPSA) is 101 Å². The maximum atomic E-state index is 13.2. The maximum absolute atomic E-state index is 13.2. The molecule has 3 aromatic rings. The van der Waals surface area contributed by atoms with Crippen molar-refractivity contribution in [3.05, 3.63) is 52.0 Å². The van der Waals surface area contributed by atoms with Crippen LogP contribution < -0.4 is 5.56 Å². The van der Waals surface area contributed by atoms with Crippen LogP contribution in [0, 0.1) is 11.3 Å². The van der Waals surface area contributed by atoms with Crippen molar-refractivity contribution in [2.75, 3.05) is 13.1 Å². The van der Waals surface area contributed by atoms with E-state index in [1.807, 2.05) is 0 Å². The first-order valence-electron chi connectivity index (χ1n) is 11.2. The molecular formula is C25H28N4O4. The molecule has 1 aliphatic rings. The van der Waals surface area contributed by atoms with E-state index in [1.54, 1.807) is 51.1 Å². The molecule has 8 heteroatoms. The Kier molecular flexibility index (Phi) is 6.34. The van der Waals surface area contributed by atoms with Crippen LogP contribution in [0.1, 0.15) is 51.4 Å². The van der Waals surface area contributed by atoms with E-state index in [1.165, 1.54) is 6.42 Å². The average Bonchev–Trinajstić information content (AvgIpc) is 3.19. The number of piperidine rings is 1. The van der Waals surface area contributed by atoms with Crippen molar-refractivity contribution in [1.29, 1.82) is 5.26 Å². The van der Waals surface area contributed by atoms with Gasteiger partial charge in [-0.2, -0.15) is 10.4 Å². The smallest absolute Gasteiger partial charge is 0.328 e. The van der Waals surface area contributed by atoms with E-state index >= 15 is 0 Å². The molecule has 8 nitrogen and oxygen atoms in total. The molecular weight excluding hydrogens is 420 g/mol. The summed E-state index contributed by atoms with van der Waals surface area (Å²) in [5, 5.41) is 14.1. The minimum Gasteiger partial charge on any atom is -0.459 e. The molecule has 0 amide bonds. The SMILES string of the molecule is CC(C)(C)OC(=O)Cn1nc(-c2cccc(C#N)c2)c2oc(CN3CCCCC3)cc2c1=O. The number of likely N-dealkylation sites (tertiary alicyclic amines) is 1. The third-order valence-corrected chi connectivity index (χ3v) is 5.48. The van der Waals surface area contributed by atoms with Crippen LogP contribution in [0.3, 0.4) is 0 Å². The number of aromatic nitrogens is 2. The molecule has 0 N–H and O–H groups in total. The number of ether oxygens (including phenoxy) is 1. The summed E-state index contributed by atoms with van der Waals surface area (Å²) in [5.74, 6) is 0.128. The van der Waals surface area contributed by atoms with Crippen LogP contribution in [0.5, 0.6) is 0 Å². The van der Waals surface area contributed by atoms with Gasteiger partial charge >= 0.3 is 5.97 Å². The van der Waals surface area contributed by atoms with Gasteiger partial charge in [-0.15, -0.1) is 0 Å². The highest BCUT2D eigenvalue weighted by Gasteiger charge is 2.22. The fourth-order valence-corrected chi connectivity index (χ4v) is 4.07. The van der Waals surface area contributed by atoms with Gasteiger partial charge < -0.3 is 9.15 Å². The molecule has 0 bridgehead atoms. The van der Waals surface area contributed by atoms with E-state index in [4.69, 9.17) is 9.15 Å². The third-order valence-electron chi connectivity index (χ3n) is 5.48. The number of furan rings is 1. The largest absolute Gasteiger partial charge is 0.459 e. The summed E-state index contributed by atoms with van der Waals surface area (Å²) < 4.78 is 12.6. The van der Waals surface area contributed by atoms with E-state index in [9.17, 15) is 14.9 Å². The highest BCUT2D eigenvalue weighted by molar-refractivity contribution is 5.90. The van der Waals surface area contributed by atoms with Gasteiger partial charge in [0, 0.05) is 5.56 Å². The molecule has 0 saturated carbocycles. The van der Waals surface area contributed by atoms with E-state index in [2.05, 4.69) is 16.1 Å². The van der Waals surface area contributed by atoms with Gasteiger partial charge in [-0.3, -0.25) is 14.5 Å². The zero-order valence-corrected chi connectivity index (χ0v) is 19.3. The second kappa shape index (κ2) is 9.20. The van der Waals surface area contributed by atoms with Crippen molar-refractivity contribution in [2.45, 2.75) is 58.7 Å². The number of benzene rings is 1. The van der Waals surface area contributed by atoms with Crippen LogP contribution in [-0.4, -0.2) is 39.3 Å². The van der Waals surface area contributed by atoms with E-state index in [0.717, 1.165) is 30.6 Å². The zero-order chi connectivity index (χ0) is 23.6. The van der Waals surface area contributed by atoms with Crippen molar-refractivity contribution in [3.8, 4) is 17.3 Å². The van der Waals surface area contributed by atoms with E-state index in [-0.39, 0.29) is 6.54 Å². The van der Waals surface area contributed by atoms with Crippen molar-refractivity contribution in [2.24, 2.45) is 0 Å². The highest BCUT2D eigenvalue weighted by atomic mass is 16.6. The van der Waals surface area contributed by atoms with Gasteiger partial charge in [0.05, 0.1) is 23.6 Å². The number of fused-ring (bicyclic) bond motifs is 1. The molecule has 0 spiro atoms. The molecule has 1 aliphatic heterocycles. The average molecular weight is 449 g/mol. The van der Waals surface area contributed by atoms with Gasteiger partial charge in [0.2, 0.25) is 0 Å². The Balaban J connectivity index is 1.79. The summed E-state index contributed by atoms with van der Waals surface area (Å²) in [7, 11) is 0. The third kappa shape index (κ3) is 5.32. The van der Waals surface area contributed by atoms with E-state index < -0.39 is 17.1 Å². The Bertz CT molecular complexity index is 1270. The van der Waals surface area contributed by atoms with Crippen molar-refractivity contribution < 1.29 is 13.9 Å². The van der Waals surface area contributed by atoms with Crippen LogP contribution in [0.25, 0.3) is 22.2 Å². The number of carbonyl (C=O) groups is 1. The Hall–Kier alpha value is -3.44. The number of hydrogen-bond donors (Lipinski definition) is 0. The monoisotopic (exact) mass is 448 g/mol. The lowest BCUT2D eigenvalue weighted by Gasteiger charge is -2.25. The zero-order valence-electron chi connectivity index (χ0n) is 19.3. The first-order chi connectivity index (χ1) is 15.7. The molecule has 172 valence electrons. The fourth-order valence-electron chi connectivity index (χ4n) is 4.07. The molecule has 0 radical (unpaired) electrons. The van der Waals surface area contributed by atoms with Crippen LogP contribution in [0.2, 0.25) is 0 Å². The lowest BCUT2D eigenvalue weighted by atomic mass is 10.1. The van der Waals surface area contributed by atoms with Crippen molar-refractivity contribution >= 4 is 16.9 Å². The molecule has 0 atom stereocenters. The Labute approximate surface area is 192 Å². The quantitative estimate of drug-likeness (QED) is 0.546. The Morgan fingerprint density at radius 1 is 1.21 bits per heavy atom. The second-order valence-electron chi connectivity index (χ2n) is 9.38. The number of rotatable bonds is 5. The Morgan fingerprint density at radius 2 is 1.97 bits per heavy atom. The first kappa shape index (κ1) is 22.7. The molecule has 2 aromatic heterocycles. The van der Waals surface area contributed by atoms with E-state index in [0.29, 0.717) is 40.1 Å². The maximum Gasteiger partial charge on any atom is 0.328 e. The summed E-state index contributed by atoms with van der Waals surface area (Å²) in [4.78, 5) is 28.0. The summed E-state index contributed by atoms with van der Waals surface area (Å²) in [6.07, 6.45) is 3.53. The second-order valence-corrected chi connectivity index (χ2v) is 9.38. The number of esters is 1. The summed E-state index contributed by atoms with van der Waals surface area (Å²) >= 11 is 0. The molecule has 0 unspecified atom stereocenters. The summed E-state index contributed by atoms with van der Waals surface area (Å²) in [5.41, 5.74) is 0.789. The first-order valence-corrected chi connectivity index (χ1v) is 11.2. The number of nitrogens with zero attached hydrogens (tertiary/aromatic N) is 4. The van der Waals surface area contributed by atoms with Crippen molar-refractivity contribution in [1.82, 2.24) is 14.7 Å². The van der Waals surface area contributed by atoms with Gasteiger partial charge in [-0.1, -0.05) is 18.6 Å². The van der Waals surface area contributed by atoms with Gasteiger partial charge in [0.25, 0.3) is 5.56 Å². The molecule has 0 aliphatic carbocycles. The summed E-state index contributed by atoms with van der Waals surface area (Å²) in [6, 6.07) is 10.8. The van der Waals surface area contributed by atoms with Crippen LogP contribution >= 0.6 is 0 Å².